The Hall–Kier alpha value is -4.17. The van der Waals surface area contributed by atoms with Crippen LogP contribution in [-0.2, 0) is 27.6 Å². The lowest BCUT2D eigenvalue weighted by molar-refractivity contribution is 0.0472. The molecule has 0 saturated carbocycles. The summed E-state index contributed by atoms with van der Waals surface area (Å²) < 4.78 is 28.5. The Morgan fingerprint density at radius 1 is 0.800 bits per heavy atom. The van der Waals surface area contributed by atoms with Gasteiger partial charge in [0.25, 0.3) is 0 Å². The van der Waals surface area contributed by atoms with E-state index in [0.717, 1.165) is 22.6 Å². The Labute approximate surface area is 202 Å². The SMILES string of the molecule is CS(=O)(=O)c1ccc(COC(=O)c2ccc3cc(O)c(Cc4ccc(C(=O)O)cc4)cc3c2)cc1. The molecule has 0 aliphatic carbocycles. The first kappa shape index (κ1) is 24.0. The zero-order valence-electron chi connectivity index (χ0n) is 18.8. The number of aromatic carboxylic acids is 1. The van der Waals surface area contributed by atoms with E-state index in [9.17, 15) is 23.1 Å². The number of hydrogen-bond acceptors (Lipinski definition) is 6. The smallest absolute Gasteiger partial charge is 0.338 e. The number of ether oxygens (including phenoxy) is 1. The van der Waals surface area contributed by atoms with Crippen LogP contribution in [-0.4, -0.2) is 36.8 Å². The summed E-state index contributed by atoms with van der Waals surface area (Å²) in [5.41, 5.74) is 2.66. The van der Waals surface area contributed by atoms with Crippen LogP contribution < -0.4 is 0 Å². The average molecular weight is 491 g/mol. The first-order chi connectivity index (χ1) is 16.6. The standard InChI is InChI=1S/C27H22O7S/c1-35(32,33)24-10-4-18(5-11-24)16-34-27(31)21-9-8-20-15-25(28)23(14-22(20)13-21)12-17-2-6-19(7-3-17)26(29)30/h2-11,13-15,28H,12,16H2,1H3,(H,29,30). The van der Waals surface area contributed by atoms with Crippen LogP contribution in [0.3, 0.4) is 0 Å². The Bertz CT molecular complexity index is 1520. The fraction of sp³-hybridized carbons (Fsp3) is 0.111. The van der Waals surface area contributed by atoms with Crippen molar-refractivity contribution in [2.75, 3.05) is 6.26 Å². The number of carboxylic acid groups (broad SMARTS) is 1. The minimum atomic E-state index is -3.30. The Kier molecular flexibility index (Phi) is 6.57. The van der Waals surface area contributed by atoms with Crippen LogP contribution in [0.25, 0.3) is 10.8 Å². The van der Waals surface area contributed by atoms with Gasteiger partial charge in [0.05, 0.1) is 16.0 Å². The van der Waals surface area contributed by atoms with Gasteiger partial charge >= 0.3 is 11.9 Å². The van der Waals surface area contributed by atoms with Crippen LogP contribution in [0.5, 0.6) is 5.75 Å². The van der Waals surface area contributed by atoms with Crippen LogP contribution in [0, 0.1) is 0 Å². The molecule has 0 amide bonds. The van der Waals surface area contributed by atoms with Crippen molar-refractivity contribution in [2.24, 2.45) is 0 Å². The van der Waals surface area contributed by atoms with Crippen LogP contribution >= 0.6 is 0 Å². The van der Waals surface area contributed by atoms with Crippen LogP contribution in [0.2, 0.25) is 0 Å². The van der Waals surface area contributed by atoms with Gasteiger partial charge in [-0.25, -0.2) is 18.0 Å². The third kappa shape index (κ3) is 5.67. The molecule has 0 saturated heterocycles. The quantitative estimate of drug-likeness (QED) is 0.364. The molecule has 178 valence electrons. The molecule has 4 aromatic carbocycles. The van der Waals surface area contributed by atoms with E-state index >= 15 is 0 Å². The number of aromatic hydroxyl groups is 1. The molecule has 0 atom stereocenters. The van der Waals surface area contributed by atoms with Crippen LogP contribution in [0.1, 0.15) is 37.4 Å². The van der Waals surface area contributed by atoms with Gasteiger partial charge in [-0.05, 0) is 76.0 Å². The van der Waals surface area contributed by atoms with Gasteiger partial charge in [0.2, 0.25) is 0 Å². The molecule has 0 fully saturated rings. The first-order valence-corrected chi connectivity index (χ1v) is 12.5. The summed E-state index contributed by atoms with van der Waals surface area (Å²) in [6.07, 6.45) is 1.52. The van der Waals surface area contributed by atoms with E-state index in [2.05, 4.69) is 0 Å². The molecule has 0 bridgehead atoms. The van der Waals surface area contributed by atoms with Crippen molar-refractivity contribution in [2.45, 2.75) is 17.9 Å². The Morgan fingerprint density at radius 3 is 2.06 bits per heavy atom. The number of rotatable bonds is 7. The highest BCUT2D eigenvalue weighted by molar-refractivity contribution is 7.90. The minimum absolute atomic E-state index is 0.00587. The van der Waals surface area contributed by atoms with E-state index in [-0.39, 0.29) is 22.8 Å². The number of carbonyl (C=O) groups is 2. The normalized spacial score (nSPS) is 11.3. The van der Waals surface area contributed by atoms with Crippen molar-refractivity contribution in [3.63, 3.8) is 0 Å². The Balaban J connectivity index is 1.50. The molecule has 0 radical (unpaired) electrons. The molecule has 4 rings (SSSR count). The summed E-state index contributed by atoms with van der Waals surface area (Å²) in [4.78, 5) is 23.8. The zero-order chi connectivity index (χ0) is 25.2. The van der Waals surface area contributed by atoms with Crippen molar-refractivity contribution >= 4 is 32.5 Å². The predicted octanol–water partition coefficient (Wildman–Crippen LogP) is 4.59. The van der Waals surface area contributed by atoms with Gasteiger partial charge in [0, 0.05) is 12.7 Å². The molecule has 0 unspecified atom stereocenters. The van der Waals surface area contributed by atoms with Gasteiger partial charge < -0.3 is 14.9 Å². The van der Waals surface area contributed by atoms with Crippen molar-refractivity contribution in [1.29, 1.82) is 0 Å². The molecule has 0 heterocycles. The van der Waals surface area contributed by atoms with Crippen molar-refractivity contribution in [3.8, 4) is 5.75 Å². The molecular formula is C27H22O7S. The second-order valence-electron chi connectivity index (χ2n) is 8.21. The molecule has 35 heavy (non-hydrogen) atoms. The van der Waals surface area contributed by atoms with Gasteiger partial charge in [0.1, 0.15) is 12.4 Å². The van der Waals surface area contributed by atoms with Crippen LogP contribution in [0.4, 0.5) is 0 Å². The summed E-state index contributed by atoms with van der Waals surface area (Å²) in [5, 5.41) is 21.0. The van der Waals surface area contributed by atoms with E-state index < -0.39 is 21.8 Å². The topological polar surface area (TPSA) is 118 Å². The van der Waals surface area contributed by atoms with Crippen molar-refractivity contribution in [3.05, 3.63) is 107 Å². The van der Waals surface area contributed by atoms with Crippen molar-refractivity contribution in [1.82, 2.24) is 0 Å². The molecule has 8 heteroatoms. The molecule has 2 N–H and O–H groups in total. The molecule has 4 aromatic rings. The maximum absolute atomic E-state index is 12.6. The monoisotopic (exact) mass is 490 g/mol. The lowest BCUT2D eigenvalue weighted by Crippen LogP contribution is -2.05. The van der Waals surface area contributed by atoms with E-state index in [0.29, 0.717) is 23.1 Å². The van der Waals surface area contributed by atoms with Gasteiger partial charge in [-0.2, -0.15) is 0 Å². The summed E-state index contributed by atoms with van der Waals surface area (Å²) in [7, 11) is -3.30. The number of sulfone groups is 1. The molecular weight excluding hydrogens is 468 g/mol. The largest absolute Gasteiger partial charge is 0.508 e. The molecule has 0 aromatic heterocycles. The number of phenols is 1. The molecule has 0 spiro atoms. The van der Waals surface area contributed by atoms with Gasteiger partial charge in [-0.3, -0.25) is 0 Å². The predicted molar refractivity (Wildman–Crippen MR) is 130 cm³/mol. The highest BCUT2D eigenvalue weighted by Crippen LogP contribution is 2.28. The number of hydrogen-bond donors (Lipinski definition) is 2. The molecule has 0 aliphatic heterocycles. The molecule has 0 aliphatic rings. The van der Waals surface area contributed by atoms with E-state index in [1.807, 2.05) is 0 Å². The van der Waals surface area contributed by atoms with Crippen LogP contribution in [0.15, 0.2) is 83.8 Å². The fourth-order valence-electron chi connectivity index (χ4n) is 3.65. The van der Waals surface area contributed by atoms with Gasteiger partial charge in [-0.1, -0.05) is 30.3 Å². The van der Waals surface area contributed by atoms with E-state index in [4.69, 9.17) is 9.84 Å². The Morgan fingerprint density at radius 2 is 1.43 bits per heavy atom. The third-order valence-corrected chi connectivity index (χ3v) is 6.72. The number of fused-ring (bicyclic) bond motifs is 1. The number of benzene rings is 4. The first-order valence-electron chi connectivity index (χ1n) is 10.6. The molecule has 7 nitrogen and oxygen atoms in total. The summed E-state index contributed by atoms with van der Waals surface area (Å²) in [6.45, 7) is -0.00587. The summed E-state index contributed by atoms with van der Waals surface area (Å²) in [6, 6.07) is 21.0. The fourth-order valence-corrected chi connectivity index (χ4v) is 4.28. The second kappa shape index (κ2) is 9.60. The van der Waals surface area contributed by atoms with E-state index in [1.54, 1.807) is 54.6 Å². The number of phenolic OH excluding ortho intramolecular Hbond substituents is 1. The second-order valence-corrected chi connectivity index (χ2v) is 10.2. The summed E-state index contributed by atoms with van der Waals surface area (Å²) >= 11 is 0. The lowest BCUT2D eigenvalue weighted by atomic mass is 9.98. The zero-order valence-corrected chi connectivity index (χ0v) is 19.6. The average Bonchev–Trinajstić information content (AvgIpc) is 2.83. The number of carboxylic acids is 1. The van der Waals surface area contributed by atoms with Gasteiger partial charge in [0.15, 0.2) is 9.84 Å². The van der Waals surface area contributed by atoms with Crippen molar-refractivity contribution < 1.29 is 33.0 Å². The summed E-state index contributed by atoms with van der Waals surface area (Å²) in [5.74, 6) is -1.43. The number of esters is 1. The van der Waals surface area contributed by atoms with E-state index in [1.165, 1.54) is 24.3 Å². The maximum Gasteiger partial charge on any atom is 0.338 e. The number of carbonyl (C=O) groups excluding carboxylic acids is 1. The highest BCUT2D eigenvalue weighted by atomic mass is 32.2. The van der Waals surface area contributed by atoms with Gasteiger partial charge in [-0.15, -0.1) is 0 Å². The minimum Gasteiger partial charge on any atom is -0.508 e. The lowest BCUT2D eigenvalue weighted by Gasteiger charge is -2.10. The maximum atomic E-state index is 12.6. The third-order valence-electron chi connectivity index (χ3n) is 5.59. The highest BCUT2D eigenvalue weighted by Gasteiger charge is 2.12.